The first-order chi connectivity index (χ1) is 13.2. The molecule has 0 spiro atoms. The molecule has 0 aliphatic heterocycles. The number of hydrogen-bond acceptors (Lipinski definition) is 5. The van der Waals surface area contributed by atoms with Crippen molar-refractivity contribution in [3.05, 3.63) is 34.2 Å². The van der Waals surface area contributed by atoms with E-state index < -0.39 is 5.91 Å². The molecule has 7 nitrogen and oxygen atoms in total. The molecule has 0 aliphatic rings. The van der Waals surface area contributed by atoms with E-state index in [1.807, 2.05) is 0 Å². The van der Waals surface area contributed by atoms with E-state index in [2.05, 4.69) is 27.7 Å². The highest BCUT2D eigenvalue weighted by Gasteiger charge is 2.21. The van der Waals surface area contributed by atoms with E-state index in [4.69, 9.17) is 20.9 Å². The molecule has 0 saturated carbocycles. The average Bonchev–Trinajstić information content (AvgIpc) is 2.62. The molecule has 1 amide bonds. The van der Waals surface area contributed by atoms with Gasteiger partial charge < -0.3 is 25.5 Å². The van der Waals surface area contributed by atoms with Gasteiger partial charge in [0.1, 0.15) is 11.5 Å². The molecule has 2 rings (SSSR count). The molecule has 2 aromatic rings. The summed E-state index contributed by atoms with van der Waals surface area (Å²) in [5.74, 6) is 0.477. The predicted molar refractivity (Wildman–Crippen MR) is 118 cm³/mol. The SMILES string of the molecule is CCCCOc1c(CN)n(CC(C)(C)C)c(=O)c2ccc(OCC(N)=O)cc12.Cl. The van der Waals surface area contributed by atoms with Crippen molar-refractivity contribution < 1.29 is 14.3 Å². The van der Waals surface area contributed by atoms with Crippen LogP contribution in [0.15, 0.2) is 23.0 Å². The van der Waals surface area contributed by atoms with Crippen molar-refractivity contribution >= 4 is 29.1 Å². The first-order valence-electron chi connectivity index (χ1n) is 9.61. The summed E-state index contributed by atoms with van der Waals surface area (Å²) in [6.45, 7) is 9.29. The van der Waals surface area contributed by atoms with Crippen LogP contribution in [0.25, 0.3) is 10.8 Å². The van der Waals surface area contributed by atoms with Gasteiger partial charge in [-0.1, -0.05) is 34.1 Å². The highest BCUT2D eigenvalue weighted by atomic mass is 35.5. The van der Waals surface area contributed by atoms with Gasteiger partial charge in [-0.2, -0.15) is 0 Å². The zero-order valence-corrected chi connectivity index (χ0v) is 18.4. The van der Waals surface area contributed by atoms with Gasteiger partial charge in [0, 0.05) is 18.5 Å². The number of ether oxygens (including phenoxy) is 2. The number of primary amides is 1. The standard InChI is InChI=1S/C21H31N3O4.ClH/c1-5-6-9-27-19-16-10-14(28-12-18(23)25)7-8-15(16)20(26)24(17(19)11-22)13-21(2,3)4;/h7-8,10H,5-6,9,11-13,22H2,1-4H3,(H2,23,25);1H. The Morgan fingerprint density at radius 2 is 1.86 bits per heavy atom. The van der Waals surface area contributed by atoms with Crippen molar-refractivity contribution in [2.24, 2.45) is 16.9 Å². The molecule has 1 heterocycles. The number of carbonyl (C=O) groups excluding carboxylic acids is 1. The third-order valence-corrected chi connectivity index (χ3v) is 4.25. The van der Waals surface area contributed by atoms with Crippen LogP contribution in [0, 0.1) is 5.41 Å². The number of carbonyl (C=O) groups is 1. The molecule has 4 N–H and O–H groups in total. The summed E-state index contributed by atoms with van der Waals surface area (Å²) in [5, 5.41) is 1.16. The number of rotatable bonds is 9. The van der Waals surface area contributed by atoms with E-state index in [0.29, 0.717) is 41.1 Å². The van der Waals surface area contributed by atoms with E-state index in [9.17, 15) is 9.59 Å². The van der Waals surface area contributed by atoms with Gasteiger partial charge in [-0.25, -0.2) is 0 Å². The number of nitrogens with two attached hydrogens (primary N) is 2. The maximum Gasteiger partial charge on any atom is 0.258 e. The van der Waals surface area contributed by atoms with Crippen molar-refractivity contribution in [3.8, 4) is 11.5 Å². The highest BCUT2D eigenvalue weighted by Crippen LogP contribution is 2.32. The fraction of sp³-hybridized carbons (Fsp3) is 0.524. The summed E-state index contributed by atoms with van der Waals surface area (Å²) in [7, 11) is 0. The lowest BCUT2D eigenvalue weighted by atomic mass is 9.96. The number of amides is 1. The largest absolute Gasteiger partial charge is 0.491 e. The second-order valence-electron chi connectivity index (χ2n) is 8.10. The van der Waals surface area contributed by atoms with Gasteiger partial charge in [-0.3, -0.25) is 9.59 Å². The van der Waals surface area contributed by atoms with E-state index in [0.717, 1.165) is 12.8 Å². The van der Waals surface area contributed by atoms with Crippen LogP contribution in [-0.2, 0) is 17.9 Å². The van der Waals surface area contributed by atoms with Crippen molar-refractivity contribution in [3.63, 3.8) is 0 Å². The van der Waals surface area contributed by atoms with Gasteiger partial charge >= 0.3 is 0 Å². The number of nitrogens with zero attached hydrogens (tertiary/aromatic N) is 1. The summed E-state index contributed by atoms with van der Waals surface area (Å²) in [5.41, 5.74) is 11.6. The van der Waals surface area contributed by atoms with Gasteiger partial charge in [-0.15, -0.1) is 12.4 Å². The second-order valence-corrected chi connectivity index (χ2v) is 8.10. The molecule has 0 bridgehead atoms. The number of benzene rings is 1. The monoisotopic (exact) mass is 425 g/mol. The molecule has 162 valence electrons. The molecule has 0 radical (unpaired) electrons. The van der Waals surface area contributed by atoms with Crippen molar-refractivity contribution in [2.75, 3.05) is 13.2 Å². The third kappa shape index (κ3) is 6.37. The van der Waals surface area contributed by atoms with Crippen molar-refractivity contribution in [1.82, 2.24) is 4.57 Å². The number of unbranched alkanes of at least 4 members (excludes halogenated alkanes) is 1. The molecule has 0 atom stereocenters. The summed E-state index contributed by atoms with van der Waals surface area (Å²) < 4.78 is 13.2. The van der Waals surface area contributed by atoms with Gasteiger partial charge in [0.2, 0.25) is 0 Å². The minimum atomic E-state index is -0.567. The van der Waals surface area contributed by atoms with Crippen LogP contribution in [0.1, 0.15) is 46.2 Å². The number of aromatic nitrogens is 1. The number of hydrogen-bond donors (Lipinski definition) is 2. The minimum Gasteiger partial charge on any atom is -0.491 e. The lowest BCUT2D eigenvalue weighted by molar-refractivity contribution is -0.119. The summed E-state index contributed by atoms with van der Waals surface area (Å²) in [6.07, 6.45) is 1.88. The van der Waals surface area contributed by atoms with E-state index in [-0.39, 0.29) is 36.5 Å². The van der Waals surface area contributed by atoms with Crippen LogP contribution in [0.2, 0.25) is 0 Å². The van der Waals surface area contributed by atoms with Crippen molar-refractivity contribution in [2.45, 2.75) is 53.6 Å². The Bertz CT molecular complexity index is 903. The zero-order chi connectivity index (χ0) is 20.9. The smallest absolute Gasteiger partial charge is 0.258 e. The molecule has 1 aromatic carbocycles. The van der Waals surface area contributed by atoms with Gasteiger partial charge in [0.25, 0.3) is 11.5 Å². The number of halogens is 1. The number of fused-ring (bicyclic) bond motifs is 1. The van der Waals surface area contributed by atoms with E-state index in [1.165, 1.54) is 0 Å². The predicted octanol–water partition coefficient (Wildman–Crippen LogP) is 2.97. The fourth-order valence-corrected chi connectivity index (χ4v) is 3.01. The third-order valence-electron chi connectivity index (χ3n) is 4.25. The Morgan fingerprint density at radius 3 is 2.41 bits per heavy atom. The highest BCUT2D eigenvalue weighted by molar-refractivity contribution is 5.90. The molecule has 0 saturated heterocycles. The Labute approximate surface area is 177 Å². The maximum absolute atomic E-state index is 13.2. The first kappa shape index (κ1) is 24.8. The van der Waals surface area contributed by atoms with Crippen LogP contribution in [0.5, 0.6) is 11.5 Å². The maximum atomic E-state index is 13.2. The summed E-state index contributed by atoms with van der Waals surface area (Å²) >= 11 is 0. The Hall–Kier alpha value is -2.25. The summed E-state index contributed by atoms with van der Waals surface area (Å²) in [4.78, 5) is 24.2. The van der Waals surface area contributed by atoms with Crippen LogP contribution >= 0.6 is 12.4 Å². The molecule has 0 fully saturated rings. The molecular formula is C21H32ClN3O4. The lowest BCUT2D eigenvalue weighted by Gasteiger charge is -2.25. The van der Waals surface area contributed by atoms with Crippen LogP contribution in [-0.4, -0.2) is 23.7 Å². The first-order valence-corrected chi connectivity index (χ1v) is 9.61. The topological polar surface area (TPSA) is 110 Å². The number of pyridine rings is 1. The van der Waals surface area contributed by atoms with E-state index in [1.54, 1.807) is 22.8 Å². The fourth-order valence-electron chi connectivity index (χ4n) is 3.01. The second kappa shape index (κ2) is 10.5. The molecule has 1 aromatic heterocycles. The lowest BCUT2D eigenvalue weighted by Crippen LogP contribution is -2.31. The molecule has 29 heavy (non-hydrogen) atoms. The zero-order valence-electron chi connectivity index (χ0n) is 17.6. The quantitative estimate of drug-likeness (QED) is 0.600. The van der Waals surface area contributed by atoms with Gasteiger partial charge in [-0.05, 0) is 30.0 Å². The Kier molecular flexibility index (Phi) is 8.98. The van der Waals surface area contributed by atoms with Gasteiger partial charge in [0.15, 0.2) is 6.61 Å². The molecule has 0 unspecified atom stereocenters. The molecule has 8 heteroatoms. The van der Waals surface area contributed by atoms with Crippen LogP contribution in [0.4, 0.5) is 0 Å². The molecular weight excluding hydrogens is 394 g/mol. The van der Waals surface area contributed by atoms with Crippen LogP contribution < -0.4 is 26.5 Å². The van der Waals surface area contributed by atoms with E-state index >= 15 is 0 Å². The minimum absolute atomic E-state index is 0. The average molecular weight is 426 g/mol. The van der Waals surface area contributed by atoms with Crippen LogP contribution in [0.3, 0.4) is 0 Å². The van der Waals surface area contributed by atoms with Crippen molar-refractivity contribution in [1.29, 1.82) is 0 Å². The summed E-state index contributed by atoms with van der Waals surface area (Å²) in [6, 6.07) is 5.06. The molecule has 0 aliphatic carbocycles. The Balaban J connectivity index is 0.00000420. The normalized spacial score (nSPS) is 11.2. The van der Waals surface area contributed by atoms with Gasteiger partial charge in [0.05, 0.1) is 17.7 Å². The Morgan fingerprint density at radius 1 is 1.17 bits per heavy atom.